The first kappa shape index (κ1) is 16.7. The first-order chi connectivity index (χ1) is 9.65. The molecule has 2 unspecified atom stereocenters. The number of fused-ring (bicyclic) bond motifs is 1. The molecule has 1 aromatic rings. The van der Waals surface area contributed by atoms with Crippen LogP contribution in [0.25, 0.3) is 0 Å². The second-order valence-electron chi connectivity index (χ2n) is 5.88. The number of benzene rings is 1. The lowest BCUT2D eigenvalue weighted by atomic mass is 9.90. The Hall–Kier alpha value is -0.620. The van der Waals surface area contributed by atoms with Crippen molar-refractivity contribution in [1.82, 2.24) is 9.62 Å². The highest BCUT2D eigenvalue weighted by Gasteiger charge is 2.36. The smallest absolute Gasteiger partial charge is 0.214 e. The summed E-state index contributed by atoms with van der Waals surface area (Å²) in [5.74, 6) is 1.41. The molecular formula is C15H23ClN2O2S. The van der Waals surface area contributed by atoms with Crippen molar-refractivity contribution in [2.24, 2.45) is 11.8 Å². The van der Waals surface area contributed by atoms with Crippen LogP contribution in [0.1, 0.15) is 12.0 Å². The van der Waals surface area contributed by atoms with Crippen LogP contribution in [0.4, 0.5) is 0 Å². The molecule has 0 saturated carbocycles. The number of rotatable bonds is 4. The van der Waals surface area contributed by atoms with Crippen molar-refractivity contribution in [1.29, 1.82) is 0 Å². The largest absolute Gasteiger partial charge is 0.316 e. The fourth-order valence-corrected chi connectivity index (χ4v) is 4.83. The Labute approximate surface area is 133 Å². The molecule has 2 fully saturated rings. The van der Waals surface area contributed by atoms with Gasteiger partial charge in [0.1, 0.15) is 0 Å². The summed E-state index contributed by atoms with van der Waals surface area (Å²) in [7, 11) is -3.11. The molecule has 0 bridgehead atoms. The molecule has 2 aliphatic rings. The Bertz CT molecular complexity index is 550. The number of nitrogens with zero attached hydrogens (tertiary/aromatic N) is 1. The quantitative estimate of drug-likeness (QED) is 0.910. The highest BCUT2D eigenvalue weighted by Crippen LogP contribution is 2.28. The average molecular weight is 331 g/mol. The zero-order valence-corrected chi connectivity index (χ0v) is 13.7. The van der Waals surface area contributed by atoms with Gasteiger partial charge < -0.3 is 5.32 Å². The molecule has 0 amide bonds. The molecule has 6 heteroatoms. The third-order valence-corrected chi connectivity index (χ3v) is 6.39. The van der Waals surface area contributed by atoms with E-state index in [1.807, 2.05) is 30.3 Å². The van der Waals surface area contributed by atoms with Gasteiger partial charge in [-0.1, -0.05) is 30.3 Å². The second-order valence-corrected chi connectivity index (χ2v) is 7.97. The van der Waals surface area contributed by atoms with Crippen LogP contribution in [-0.2, 0) is 16.4 Å². The highest BCUT2D eigenvalue weighted by molar-refractivity contribution is 7.89. The van der Waals surface area contributed by atoms with Gasteiger partial charge in [0, 0.05) is 13.1 Å². The first-order valence-corrected chi connectivity index (χ1v) is 8.98. The molecule has 1 aromatic carbocycles. The lowest BCUT2D eigenvalue weighted by molar-refractivity contribution is 0.228. The average Bonchev–Trinajstić information content (AvgIpc) is 2.94. The third-order valence-electron chi connectivity index (χ3n) is 4.55. The first-order valence-electron chi connectivity index (χ1n) is 7.37. The molecule has 2 aliphatic heterocycles. The number of halogens is 1. The predicted molar refractivity (Wildman–Crippen MR) is 87.2 cm³/mol. The van der Waals surface area contributed by atoms with Crippen LogP contribution in [0.2, 0.25) is 0 Å². The van der Waals surface area contributed by atoms with E-state index in [0.29, 0.717) is 31.3 Å². The van der Waals surface area contributed by atoms with Gasteiger partial charge in [-0.05, 0) is 43.3 Å². The predicted octanol–water partition coefficient (Wildman–Crippen LogP) is 1.52. The molecule has 1 N–H and O–H groups in total. The molecule has 3 rings (SSSR count). The standard InChI is InChI=1S/C15H22N2O2S.ClH/c18-20(19,9-7-13-4-2-1-3-5-13)17-8-6-14-10-16-11-15(14)12-17;/h1-5,14-16H,6-12H2;1H. The van der Waals surface area contributed by atoms with Crippen LogP contribution in [0, 0.1) is 11.8 Å². The minimum absolute atomic E-state index is 0. The van der Waals surface area contributed by atoms with Crippen molar-refractivity contribution in [3.05, 3.63) is 35.9 Å². The number of hydrogen-bond donors (Lipinski definition) is 1. The van der Waals surface area contributed by atoms with Gasteiger partial charge in [-0.3, -0.25) is 0 Å². The van der Waals surface area contributed by atoms with Crippen LogP contribution in [0.3, 0.4) is 0 Å². The van der Waals surface area contributed by atoms with E-state index < -0.39 is 10.0 Å². The number of piperidine rings is 1. The Kier molecular flexibility index (Phi) is 5.66. The number of nitrogens with one attached hydrogen (secondary N) is 1. The third kappa shape index (κ3) is 3.97. The van der Waals surface area contributed by atoms with Crippen molar-refractivity contribution in [3.8, 4) is 0 Å². The van der Waals surface area contributed by atoms with Crippen molar-refractivity contribution in [3.63, 3.8) is 0 Å². The molecule has 2 atom stereocenters. The Morgan fingerprint density at radius 3 is 2.62 bits per heavy atom. The van der Waals surface area contributed by atoms with E-state index in [1.165, 1.54) is 0 Å². The minimum atomic E-state index is -3.11. The SMILES string of the molecule is Cl.O=S(=O)(CCc1ccccc1)N1CCC2CNCC2C1. The fraction of sp³-hybridized carbons (Fsp3) is 0.600. The zero-order valence-electron chi connectivity index (χ0n) is 12.1. The lowest BCUT2D eigenvalue weighted by Crippen LogP contribution is -2.44. The second kappa shape index (κ2) is 7.09. The van der Waals surface area contributed by atoms with Gasteiger partial charge >= 0.3 is 0 Å². The molecule has 2 heterocycles. The van der Waals surface area contributed by atoms with Gasteiger partial charge in [0.2, 0.25) is 10.0 Å². The maximum Gasteiger partial charge on any atom is 0.214 e. The van der Waals surface area contributed by atoms with E-state index >= 15 is 0 Å². The van der Waals surface area contributed by atoms with Crippen molar-refractivity contribution in [2.45, 2.75) is 12.8 Å². The van der Waals surface area contributed by atoms with Crippen LogP contribution in [0.5, 0.6) is 0 Å². The summed E-state index contributed by atoms with van der Waals surface area (Å²) >= 11 is 0. The van der Waals surface area contributed by atoms with E-state index in [-0.39, 0.29) is 18.2 Å². The molecule has 0 aliphatic carbocycles. The zero-order chi connectivity index (χ0) is 14.0. The summed E-state index contributed by atoms with van der Waals surface area (Å²) in [4.78, 5) is 0. The number of sulfonamides is 1. The summed E-state index contributed by atoms with van der Waals surface area (Å²) in [6.07, 6.45) is 1.61. The van der Waals surface area contributed by atoms with Crippen molar-refractivity contribution >= 4 is 22.4 Å². The molecule has 0 spiro atoms. The van der Waals surface area contributed by atoms with Crippen LogP contribution >= 0.6 is 12.4 Å². The molecule has 4 nitrogen and oxygen atoms in total. The maximum absolute atomic E-state index is 12.5. The van der Waals surface area contributed by atoms with Crippen LogP contribution in [0.15, 0.2) is 30.3 Å². The summed E-state index contributed by atoms with van der Waals surface area (Å²) in [5.41, 5.74) is 1.09. The summed E-state index contributed by atoms with van der Waals surface area (Å²) in [6.45, 7) is 3.42. The van der Waals surface area contributed by atoms with E-state index in [2.05, 4.69) is 5.32 Å². The summed E-state index contributed by atoms with van der Waals surface area (Å²) in [6, 6.07) is 9.84. The van der Waals surface area contributed by atoms with Gasteiger partial charge in [0.15, 0.2) is 0 Å². The van der Waals surface area contributed by atoms with Crippen LogP contribution in [-0.4, -0.2) is 44.7 Å². The topological polar surface area (TPSA) is 49.4 Å². The highest BCUT2D eigenvalue weighted by atomic mass is 35.5. The Balaban J connectivity index is 0.00000161. The van der Waals surface area contributed by atoms with Gasteiger partial charge in [-0.2, -0.15) is 0 Å². The van der Waals surface area contributed by atoms with E-state index in [9.17, 15) is 8.42 Å². The molecule has 21 heavy (non-hydrogen) atoms. The molecule has 0 radical (unpaired) electrons. The van der Waals surface area contributed by atoms with Gasteiger partial charge in [0.05, 0.1) is 5.75 Å². The summed E-state index contributed by atoms with van der Waals surface area (Å²) in [5, 5.41) is 3.37. The molecule has 118 valence electrons. The number of hydrogen-bond acceptors (Lipinski definition) is 3. The van der Waals surface area contributed by atoms with Gasteiger partial charge in [0.25, 0.3) is 0 Å². The monoisotopic (exact) mass is 330 g/mol. The lowest BCUT2D eigenvalue weighted by Gasteiger charge is -2.33. The molecule has 2 saturated heterocycles. The van der Waals surface area contributed by atoms with Crippen LogP contribution < -0.4 is 5.32 Å². The normalized spacial score (nSPS) is 26.1. The van der Waals surface area contributed by atoms with E-state index in [4.69, 9.17) is 0 Å². The molecular weight excluding hydrogens is 308 g/mol. The molecule has 0 aromatic heterocycles. The Morgan fingerprint density at radius 1 is 1.14 bits per heavy atom. The van der Waals surface area contributed by atoms with Crippen molar-refractivity contribution < 1.29 is 8.42 Å². The minimum Gasteiger partial charge on any atom is -0.316 e. The maximum atomic E-state index is 12.5. The number of aryl methyl sites for hydroxylation is 1. The van der Waals surface area contributed by atoms with E-state index in [0.717, 1.165) is 25.1 Å². The Morgan fingerprint density at radius 2 is 1.86 bits per heavy atom. The van der Waals surface area contributed by atoms with E-state index in [1.54, 1.807) is 4.31 Å². The van der Waals surface area contributed by atoms with Gasteiger partial charge in [-0.25, -0.2) is 12.7 Å². The van der Waals surface area contributed by atoms with Gasteiger partial charge in [-0.15, -0.1) is 12.4 Å². The fourth-order valence-electron chi connectivity index (χ4n) is 3.27. The van der Waals surface area contributed by atoms with Crippen molar-refractivity contribution in [2.75, 3.05) is 31.9 Å². The summed E-state index contributed by atoms with van der Waals surface area (Å²) < 4.78 is 26.6.